The van der Waals surface area contributed by atoms with E-state index in [4.69, 9.17) is 4.74 Å². The summed E-state index contributed by atoms with van der Waals surface area (Å²) in [6.45, 7) is 6.76. The molecule has 2 atom stereocenters. The molecule has 2 rings (SSSR count). The molecule has 1 N–H and O–H groups in total. The molecule has 2 amide bonds. The summed E-state index contributed by atoms with van der Waals surface area (Å²) in [5, 5.41) is 2.41. The van der Waals surface area contributed by atoms with Crippen molar-refractivity contribution in [3.8, 4) is 0 Å². The van der Waals surface area contributed by atoms with Crippen molar-refractivity contribution in [3.05, 3.63) is 11.3 Å². The van der Waals surface area contributed by atoms with Gasteiger partial charge in [-0.3, -0.25) is 14.5 Å². The van der Waals surface area contributed by atoms with Crippen LogP contribution in [0.3, 0.4) is 0 Å². The Morgan fingerprint density at radius 2 is 2.09 bits per heavy atom. The summed E-state index contributed by atoms with van der Waals surface area (Å²) in [7, 11) is 0. The Morgan fingerprint density at radius 1 is 1.45 bits per heavy atom. The van der Waals surface area contributed by atoms with Gasteiger partial charge in [0.25, 0.3) is 5.91 Å². The number of fused-ring (bicyclic) bond motifs is 1. The summed E-state index contributed by atoms with van der Waals surface area (Å²) in [5.74, 6) is -0.321. The molecule has 2 aliphatic rings. The van der Waals surface area contributed by atoms with Crippen molar-refractivity contribution in [3.63, 3.8) is 0 Å². The van der Waals surface area contributed by atoms with E-state index in [1.165, 1.54) is 11.8 Å². The third-order valence-corrected chi connectivity index (χ3v) is 5.42. The number of carbonyl (C=O) groups excluding carboxylic acids is 3. The van der Waals surface area contributed by atoms with Crippen LogP contribution in [0.15, 0.2) is 11.3 Å². The lowest BCUT2D eigenvalue weighted by Crippen LogP contribution is -2.70. The van der Waals surface area contributed by atoms with Gasteiger partial charge >= 0.3 is 5.97 Å². The van der Waals surface area contributed by atoms with Gasteiger partial charge in [0.05, 0.1) is 0 Å². The third kappa shape index (κ3) is 3.42. The quantitative estimate of drug-likeness (QED) is 0.313. The number of nitrogens with zero attached hydrogens (tertiary/aromatic N) is 1. The zero-order chi connectivity index (χ0) is 16.7. The monoisotopic (exact) mass is 438 g/mol. The summed E-state index contributed by atoms with van der Waals surface area (Å²) in [6, 6.07) is -0.560. The molecule has 0 aromatic heterocycles. The van der Waals surface area contributed by atoms with E-state index in [0.29, 0.717) is 15.9 Å². The minimum atomic E-state index is -0.620. The highest BCUT2D eigenvalue weighted by atomic mass is 127. The fraction of sp³-hybridized carbons (Fsp3) is 0.643. The van der Waals surface area contributed by atoms with Crippen LogP contribution in [0.25, 0.3) is 0 Å². The number of amides is 2. The molecule has 0 unspecified atom stereocenters. The fourth-order valence-corrected chi connectivity index (χ4v) is 4.66. The molecule has 0 radical (unpaired) electrons. The second-order valence-electron chi connectivity index (χ2n) is 6.18. The molecule has 0 aliphatic carbocycles. The Balaban J connectivity index is 2.26. The van der Waals surface area contributed by atoms with Crippen LogP contribution < -0.4 is 5.32 Å². The van der Waals surface area contributed by atoms with Gasteiger partial charge in [-0.15, -0.1) is 11.8 Å². The predicted molar refractivity (Wildman–Crippen MR) is 92.5 cm³/mol. The number of ether oxygens (including phenoxy) is 1. The molecular formula is C14H19IN2O4S. The van der Waals surface area contributed by atoms with Gasteiger partial charge in [-0.2, -0.15) is 0 Å². The van der Waals surface area contributed by atoms with E-state index in [-0.39, 0.29) is 17.2 Å². The number of β-lactam (4-membered cyclic amide) rings is 1. The van der Waals surface area contributed by atoms with Crippen LogP contribution in [0.5, 0.6) is 0 Å². The molecule has 6 nitrogen and oxygen atoms in total. The Bertz CT molecular complexity index is 556. The van der Waals surface area contributed by atoms with E-state index in [1.54, 1.807) is 32.5 Å². The zero-order valence-corrected chi connectivity index (χ0v) is 15.9. The van der Waals surface area contributed by atoms with Crippen LogP contribution in [-0.4, -0.2) is 49.9 Å². The van der Waals surface area contributed by atoms with Crippen molar-refractivity contribution < 1.29 is 19.1 Å². The van der Waals surface area contributed by atoms with Crippen LogP contribution in [0.1, 0.15) is 27.7 Å². The first-order chi connectivity index (χ1) is 10.2. The second kappa shape index (κ2) is 6.38. The maximum atomic E-state index is 12.5. The highest BCUT2D eigenvalue weighted by Crippen LogP contribution is 2.41. The first-order valence-corrected chi connectivity index (χ1v) is 9.46. The highest BCUT2D eigenvalue weighted by Gasteiger charge is 2.54. The van der Waals surface area contributed by atoms with Crippen molar-refractivity contribution in [1.29, 1.82) is 0 Å². The Morgan fingerprint density at radius 3 is 2.59 bits per heavy atom. The molecule has 0 saturated carbocycles. The number of rotatable bonds is 3. The van der Waals surface area contributed by atoms with Crippen LogP contribution in [-0.2, 0) is 19.1 Å². The number of hydrogen-bond donors (Lipinski definition) is 1. The lowest BCUT2D eigenvalue weighted by atomic mass is 10.0. The summed E-state index contributed by atoms with van der Waals surface area (Å²) in [5.41, 5.74) is 0.622. The van der Waals surface area contributed by atoms with Gasteiger partial charge in [0.15, 0.2) is 0 Å². The van der Waals surface area contributed by atoms with Gasteiger partial charge in [-0.05, 0) is 26.3 Å². The Kier molecular flexibility index (Phi) is 5.10. The molecule has 22 heavy (non-hydrogen) atoms. The van der Waals surface area contributed by atoms with Crippen molar-refractivity contribution >= 4 is 52.1 Å². The molecule has 0 spiro atoms. The summed E-state index contributed by atoms with van der Waals surface area (Å²) in [4.78, 5) is 37.5. The second-order valence-corrected chi connectivity index (χ2v) is 8.04. The average molecular weight is 438 g/mol. The Hall–Kier alpha value is -0.770. The van der Waals surface area contributed by atoms with E-state index in [9.17, 15) is 14.4 Å². The summed E-state index contributed by atoms with van der Waals surface area (Å²) in [6.07, 6.45) is 0. The largest absolute Gasteiger partial charge is 0.455 e. The number of halogens is 1. The van der Waals surface area contributed by atoms with Crippen LogP contribution >= 0.6 is 34.4 Å². The molecule has 1 saturated heterocycles. The molecule has 2 heterocycles. The van der Waals surface area contributed by atoms with E-state index in [0.717, 1.165) is 5.57 Å². The van der Waals surface area contributed by atoms with Crippen LogP contribution in [0.2, 0.25) is 0 Å². The van der Waals surface area contributed by atoms with Crippen LogP contribution in [0, 0.1) is 0 Å². The normalized spacial score (nSPS) is 24.6. The average Bonchev–Trinajstić information content (AvgIpc) is 2.40. The number of nitrogens with one attached hydrogen (secondary N) is 1. The van der Waals surface area contributed by atoms with E-state index >= 15 is 0 Å². The fourth-order valence-electron chi connectivity index (χ4n) is 2.32. The molecule has 1 fully saturated rings. The van der Waals surface area contributed by atoms with E-state index in [2.05, 4.69) is 27.9 Å². The van der Waals surface area contributed by atoms with Crippen molar-refractivity contribution in [1.82, 2.24) is 10.2 Å². The van der Waals surface area contributed by atoms with Crippen molar-refractivity contribution in [2.45, 2.75) is 44.7 Å². The number of thioether (sulfide) groups is 1. The molecule has 0 aromatic rings. The third-order valence-electron chi connectivity index (χ3n) is 3.16. The predicted octanol–water partition coefficient (Wildman–Crippen LogP) is 1.44. The lowest BCUT2D eigenvalue weighted by molar-refractivity contribution is -0.158. The van der Waals surface area contributed by atoms with Gasteiger partial charge in [0, 0.05) is 17.1 Å². The summed E-state index contributed by atoms with van der Waals surface area (Å²) < 4.78 is 6.09. The van der Waals surface area contributed by atoms with Crippen molar-refractivity contribution in [2.24, 2.45) is 0 Å². The standard InChI is InChI=1S/C14H19IN2O4S/c1-7(18)16-9-11(19)17-10(13(20)21-14(2,3)4)8(5-15)6-22-12(9)17/h9,12H,5-6H2,1-4H3,(H,16,18)/t9-,12-/m1/s1. The van der Waals surface area contributed by atoms with Gasteiger partial charge in [-0.1, -0.05) is 22.6 Å². The smallest absolute Gasteiger partial charge is 0.355 e. The van der Waals surface area contributed by atoms with Gasteiger partial charge in [-0.25, -0.2) is 4.79 Å². The van der Waals surface area contributed by atoms with Gasteiger partial charge in [0.2, 0.25) is 5.91 Å². The maximum absolute atomic E-state index is 12.5. The number of carbonyl (C=O) groups is 3. The zero-order valence-electron chi connectivity index (χ0n) is 12.9. The van der Waals surface area contributed by atoms with E-state index in [1.807, 2.05) is 0 Å². The van der Waals surface area contributed by atoms with Crippen LogP contribution in [0.4, 0.5) is 0 Å². The van der Waals surface area contributed by atoms with Gasteiger partial charge in [0.1, 0.15) is 22.7 Å². The number of hydrogen-bond acceptors (Lipinski definition) is 5. The summed E-state index contributed by atoms with van der Waals surface area (Å²) >= 11 is 3.74. The molecule has 2 aliphatic heterocycles. The van der Waals surface area contributed by atoms with Gasteiger partial charge < -0.3 is 10.1 Å². The minimum Gasteiger partial charge on any atom is -0.455 e. The lowest BCUT2D eigenvalue weighted by Gasteiger charge is -2.49. The molecule has 122 valence electrons. The number of esters is 1. The molecule has 0 bridgehead atoms. The highest BCUT2D eigenvalue weighted by molar-refractivity contribution is 14.1. The maximum Gasteiger partial charge on any atom is 0.355 e. The minimum absolute atomic E-state index is 0.231. The number of alkyl halides is 1. The Labute approximate surface area is 147 Å². The first kappa shape index (κ1) is 17.6. The SMILES string of the molecule is CC(=O)N[C@@H]1C(=O)N2C(C(=O)OC(C)(C)C)=C(CI)CS[C@H]12. The van der Waals surface area contributed by atoms with Crippen molar-refractivity contribution in [2.75, 3.05) is 10.2 Å². The first-order valence-electron chi connectivity index (χ1n) is 6.89. The molecular weight excluding hydrogens is 419 g/mol. The topological polar surface area (TPSA) is 75.7 Å². The molecule has 0 aromatic carbocycles. The van der Waals surface area contributed by atoms with E-state index < -0.39 is 17.6 Å². The molecule has 8 heteroatoms.